The molecule has 0 bridgehead atoms. The van der Waals surface area contributed by atoms with Crippen LogP contribution in [-0.2, 0) is 4.79 Å². The van der Waals surface area contributed by atoms with Gasteiger partial charge in [-0.2, -0.15) is 0 Å². The molecule has 2 aromatic carbocycles. The number of hydrogen-bond donors (Lipinski definition) is 0. The predicted octanol–water partition coefficient (Wildman–Crippen LogP) is 3.43. The van der Waals surface area contributed by atoms with Crippen molar-refractivity contribution in [2.45, 2.75) is 6.92 Å². The van der Waals surface area contributed by atoms with Crippen LogP contribution in [0.5, 0.6) is 23.0 Å². The van der Waals surface area contributed by atoms with E-state index in [9.17, 15) is 4.79 Å². The van der Waals surface area contributed by atoms with Crippen molar-refractivity contribution in [2.24, 2.45) is 0 Å². The van der Waals surface area contributed by atoms with Crippen LogP contribution in [0.4, 0.5) is 5.69 Å². The zero-order valence-corrected chi connectivity index (χ0v) is 17.1. The van der Waals surface area contributed by atoms with E-state index < -0.39 is 0 Å². The molecular formula is C21H20N2O5S. The number of anilines is 1. The summed E-state index contributed by atoms with van der Waals surface area (Å²) in [4.78, 5) is 16.4. The molecule has 0 N–H and O–H groups in total. The van der Waals surface area contributed by atoms with Crippen LogP contribution in [0.25, 0.3) is 6.08 Å². The Labute approximate surface area is 174 Å². The van der Waals surface area contributed by atoms with Crippen molar-refractivity contribution >= 4 is 35.0 Å². The Morgan fingerprint density at radius 2 is 1.86 bits per heavy atom. The van der Waals surface area contributed by atoms with Crippen LogP contribution >= 0.6 is 12.2 Å². The number of nitrogens with zero attached hydrogens (tertiary/aromatic N) is 2. The van der Waals surface area contributed by atoms with Crippen LogP contribution in [0, 0.1) is 0 Å². The third-order valence-corrected chi connectivity index (χ3v) is 5.14. The number of ether oxygens (including phenoxy) is 4. The maximum Gasteiger partial charge on any atom is 0.281 e. The third kappa shape index (κ3) is 3.36. The second-order valence-corrected chi connectivity index (χ2v) is 6.75. The van der Waals surface area contributed by atoms with E-state index in [1.54, 1.807) is 37.3 Å². The van der Waals surface area contributed by atoms with Crippen LogP contribution < -0.4 is 23.8 Å². The van der Waals surface area contributed by atoms with Crippen molar-refractivity contribution < 1.29 is 23.7 Å². The molecule has 0 atom stereocenters. The second-order valence-electron chi connectivity index (χ2n) is 6.39. The molecule has 0 aromatic heterocycles. The lowest BCUT2D eigenvalue weighted by Crippen LogP contribution is -2.31. The molecule has 150 valence electrons. The highest BCUT2D eigenvalue weighted by Crippen LogP contribution is 2.39. The van der Waals surface area contributed by atoms with E-state index in [0.29, 0.717) is 45.9 Å². The van der Waals surface area contributed by atoms with Crippen LogP contribution in [0.3, 0.4) is 0 Å². The minimum absolute atomic E-state index is 0.160. The quantitative estimate of drug-likeness (QED) is 0.551. The Balaban J connectivity index is 1.69. The first kappa shape index (κ1) is 19.1. The fraction of sp³-hybridized carbons (Fsp3) is 0.238. The van der Waals surface area contributed by atoms with Gasteiger partial charge < -0.3 is 23.8 Å². The minimum Gasteiger partial charge on any atom is -0.496 e. The molecule has 29 heavy (non-hydrogen) atoms. The van der Waals surface area contributed by atoms with Crippen LogP contribution in [0.1, 0.15) is 12.5 Å². The van der Waals surface area contributed by atoms with Crippen molar-refractivity contribution in [1.82, 2.24) is 4.90 Å². The van der Waals surface area contributed by atoms with Gasteiger partial charge in [0.1, 0.15) is 17.2 Å². The number of likely N-dealkylation sites (N-methyl/N-ethyl adjacent to an activating group) is 1. The molecule has 2 heterocycles. The lowest BCUT2D eigenvalue weighted by Gasteiger charge is -2.16. The van der Waals surface area contributed by atoms with Crippen molar-refractivity contribution in [3.05, 3.63) is 47.7 Å². The molecule has 0 saturated carbocycles. The van der Waals surface area contributed by atoms with E-state index in [2.05, 4.69) is 0 Å². The van der Waals surface area contributed by atoms with Gasteiger partial charge in [0.15, 0.2) is 16.6 Å². The Bertz CT molecular complexity index is 1000. The first-order chi connectivity index (χ1) is 14.0. The number of rotatable bonds is 5. The smallest absolute Gasteiger partial charge is 0.281 e. The fourth-order valence-corrected chi connectivity index (χ4v) is 3.50. The Kier molecular flexibility index (Phi) is 5.02. The van der Waals surface area contributed by atoms with Gasteiger partial charge in [-0.25, -0.2) is 0 Å². The van der Waals surface area contributed by atoms with Crippen molar-refractivity contribution in [1.29, 1.82) is 0 Å². The van der Waals surface area contributed by atoms with Crippen molar-refractivity contribution in [2.75, 3.05) is 32.5 Å². The van der Waals surface area contributed by atoms with Gasteiger partial charge in [-0.15, -0.1) is 0 Å². The maximum absolute atomic E-state index is 13.2. The monoisotopic (exact) mass is 412 g/mol. The standard InChI is InChI=1S/C21H20N2O5S/c1-4-26-15-7-5-14(6-8-15)23-20(24)16(22(2)21(23)29)9-13-10-18-19(28-12-27-18)11-17(13)25-3/h5-11H,4,12H2,1-3H3/b16-9+. The molecule has 2 aromatic rings. The molecule has 2 aliphatic heterocycles. The zero-order chi connectivity index (χ0) is 20.5. The molecule has 0 aliphatic carbocycles. The predicted molar refractivity (Wildman–Crippen MR) is 113 cm³/mol. The van der Waals surface area contributed by atoms with Crippen molar-refractivity contribution in [3.63, 3.8) is 0 Å². The number of carbonyl (C=O) groups is 1. The summed E-state index contributed by atoms with van der Waals surface area (Å²) in [5.41, 5.74) is 1.81. The maximum atomic E-state index is 13.2. The highest BCUT2D eigenvalue weighted by atomic mass is 32.1. The summed E-state index contributed by atoms with van der Waals surface area (Å²) < 4.78 is 21.8. The van der Waals surface area contributed by atoms with E-state index >= 15 is 0 Å². The molecule has 2 aliphatic rings. The average Bonchev–Trinajstić information content (AvgIpc) is 3.26. The minimum atomic E-state index is -0.221. The fourth-order valence-electron chi connectivity index (χ4n) is 3.22. The molecular weight excluding hydrogens is 392 g/mol. The Morgan fingerprint density at radius 3 is 2.52 bits per heavy atom. The van der Waals surface area contributed by atoms with Crippen LogP contribution in [0.15, 0.2) is 42.1 Å². The lowest BCUT2D eigenvalue weighted by molar-refractivity contribution is -0.114. The van der Waals surface area contributed by atoms with E-state index in [-0.39, 0.29) is 12.7 Å². The van der Waals surface area contributed by atoms with Crippen molar-refractivity contribution in [3.8, 4) is 23.0 Å². The zero-order valence-electron chi connectivity index (χ0n) is 16.3. The summed E-state index contributed by atoms with van der Waals surface area (Å²) in [5.74, 6) is 2.32. The molecule has 0 radical (unpaired) electrons. The van der Waals surface area contributed by atoms with E-state index in [0.717, 1.165) is 5.75 Å². The number of amides is 1. The number of benzene rings is 2. The molecule has 0 spiro atoms. The highest BCUT2D eigenvalue weighted by molar-refractivity contribution is 7.80. The topological polar surface area (TPSA) is 60.5 Å². The van der Waals surface area contributed by atoms with Gasteiger partial charge in [0.05, 0.1) is 19.4 Å². The first-order valence-electron chi connectivity index (χ1n) is 9.07. The van der Waals surface area contributed by atoms with Gasteiger partial charge >= 0.3 is 0 Å². The Hall–Kier alpha value is -3.26. The number of hydrogen-bond acceptors (Lipinski definition) is 6. The van der Waals surface area contributed by atoms with Gasteiger partial charge in [0.2, 0.25) is 6.79 Å². The van der Waals surface area contributed by atoms with Gasteiger partial charge in [-0.3, -0.25) is 9.69 Å². The Morgan fingerprint density at radius 1 is 1.17 bits per heavy atom. The largest absolute Gasteiger partial charge is 0.496 e. The molecule has 7 nitrogen and oxygen atoms in total. The molecule has 0 unspecified atom stereocenters. The molecule has 1 saturated heterocycles. The van der Waals surface area contributed by atoms with Gasteiger partial charge in [0, 0.05) is 18.7 Å². The average molecular weight is 412 g/mol. The van der Waals surface area contributed by atoms with Gasteiger partial charge in [0.25, 0.3) is 5.91 Å². The van der Waals surface area contributed by atoms with Gasteiger partial charge in [-0.05, 0) is 55.5 Å². The van der Waals surface area contributed by atoms with Crippen LogP contribution in [0.2, 0.25) is 0 Å². The van der Waals surface area contributed by atoms with E-state index in [1.807, 2.05) is 31.2 Å². The van der Waals surface area contributed by atoms with E-state index in [1.165, 1.54) is 4.90 Å². The second kappa shape index (κ2) is 7.63. The number of methoxy groups -OCH3 is 1. The number of carbonyl (C=O) groups excluding carboxylic acids is 1. The van der Waals surface area contributed by atoms with Gasteiger partial charge in [-0.1, -0.05) is 0 Å². The third-order valence-electron chi connectivity index (χ3n) is 4.68. The van der Waals surface area contributed by atoms with E-state index in [4.69, 9.17) is 31.2 Å². The number of thiocarbonyl (C=S) groups is 1. The summed E-state index contributed by atoms with van der Waals surface area (Å²) in [6.07, 6.45) is 1.74. The molecule has 4 rings (SSSR count). The molecule has 1 fully saturated rings. The summed E-state index contributed by atoms with van der Waals surface area (Å²) in [6.45, 7) is 2.66. The molecule has 8 heteroatoms. The normalized spacial score (nSPS) is 16.7. The summed E-state index contributed by atoms with van der Waals surface area (Å²) in [5, 5.41) is 0.394. The summed E-state index contributed by atoms with van der Waals surface area (Å²) in [7, 11) is 3.33. The summed E-state index contributed by atoms with van der Waals surface area (Å²) in [6, 6.07) is 10.8. The first-order valence-corrected chi connectivity index (χ1v) is 9.48. The molecule has 1 amide bonds. The van der Waals surface area contributed by atoms with Crippen LogP contribution in [-0.4, -0.2) is 43.5 Å². The highest BCUT2D eigenvalue weighted by Gasteiger charge is 2.37. The summed E-state index contributed by atoms with van der Waals surface area (Å²) >= 11 is 5.52. The lowest BCUT2D eigenvalue weighted by atomic mass is 10.1. The number of fused-ring (bicyclic) bond motifs is 1. The SMILES string of the molecule is CCOc1ccc(N2C(=O)/C(=C\c3cc4c(cc3OC)OCO4)N(C)C2=S)cc1.